The van der Waals surface area contributed by atoms with Crippen molar-refractivity contribution >= 4 is 60.5 Å². The predicted molar refractivity (Wildman–Crippen MR) is 146 cm³/mol. The number of thiophene rings is 1. The lowest BCUT2D eigenvalue weighted by Crippen LogP contribution is -2.61. The van der Waals surface area contributed by atoms with Gasteiger partial charge in [-0.2, -0.15) is 8.61 Å². The average molecular weight is 627 g/mol. The zero-order chi connectivity index (χ0) is 27.3. The molecule has 0 bridgehead atoms. The van der Waals surface area contributed by atoms with Crippen LogP contribution >= 0.6 is 34.5 Å². The van der Waals surface area contributed by atoms with Crippen LogP contribution in [-0.4, -0.2) is 81.6 Å². The Labute approximate surface area is 236 Å². The number of carbonyl (C=O) groups excluding carboxylic acids is 1. The molecule has 0 aliphatic carbocycles. The third kappa shape index (κ3) is 7.07. The molecule has 2 aliphatic heterocycles. The van der Waals surface area contributed by atoms with Crippen LogP contribution in [0.15, 0.2) is 40.6 Å². The van der Waals surface area contributed by atoms with Crippen molar-refractivity contribution in [3.05, 3.63) is 41.4 Å². The average Bonchev–Trinajstić information content (AvgIpc) is 3.42. The molecule has 1 amide bonds. The molecule has 1 N–H and O–H groups in total. The van der Waals surface area contributed by atoms with E-state index in [1.54, 1.807) is 30.3 Å². The van der Waals surface area contributed by atoms with Gasteiger partial charge in [-0.3, -0.25) is 4.79 Å². The van der Waals surface area contributed by atoms with Gasteiger partial charge >= 0.3 is 0 Å². The smallest absolute Gasteiger partial charge is 0.263 e. The summed E-state index contributed by atoms with van der Waals surface area (Å²) in [6.45, 7) is -0.143. The molecule has 15 heteroatoms. The van der Waals surface area contributed by atoms with Crippen molar-refractivity contribution in [1.29, 1.82) is 0 Å². The van der Waals surface area contributed by atoms with E-state index in [-0.39, 0.29) is 41.9 Å². The third-order valence-corrected chi connectivity index (χ3v) is 12.2. The van der Waals surface area contributed by atoms with Crippen molar-refractivity contribution < 1.29 is 31.2 Å². The highest BCUT2D eigenvalue weighted by molar-refractivity contribution is 7.91. The maximum absolute atomic E-state index is 13.7. The second kappa shape index (κ2) is 12.9. The van der Waals surface area contributed by atoms with Crippen LogP contribution in [0.1, 0.15) is 25.7 Å². The summed E-state index contributed by atoms with van der Waals surface area (Å²) in [6, 6.07) is 8.83. The molecule has 2 aromatic rings. The number of hydrogen-bond donors (Lipinski definition) is 1. The number of piperazine rings is 1. The Bertz CT molecular complexity index is 1310. The fourth-order valence-electron chi connectivity index (χ4n) is 4.20. The molecule has 1 aromatic heterocycles. The van der Waals surface area contributed by atoms with Gasteiger partial charge < -0.3 is 4.74 Å². The number of carbonyl (C=O) groups is 1. The van der Waals surface area contributed by atoms with Crippen LogP contribution in [-0.2, 0) is 34.4 Å². The zero-order valence-corrected chi connectivity index (χ0v) is 24.4. The lowest BCUT2D eigenvalue weighted by atomic mass is 10.2. The van der Waals surface area contributed by atoms with Gasteiger partial charge in [-0.05, 0) is 49.1 Å². The number of sulfonamides is 2. The van der Waals surface area contributed by atoms with Crippen LogP contribution in [0.5, 0.6) is 0 Å². The molecule has 0 radical (unpaired) electrons. The molecule has 0 saturated carbocycles. The number of ether oxygens (including phenoxy) is 1. The van der Waals surface area contributed by atoms with Crippen LogP contribution in [0, 0.1) is 0 Å². The van der Waals surface area contributed by atoms with Crippen LogP contribution in [0.2, 0.25) is 5.02 Å². The highest BCUT2D eigenvalue weighted by atomic mass is 35.5. The van der Waals surface area contributed by atoms with Crippen LogP contribution in [0.25, 0.3) is 10.4 Å². The number of nitrogens with zero attached hydrogens (tertiary/aromatic N) is 2. The van der Waals surface area contributed by atoms with Gasteiger partial charge in [0.1, 0.15) is 10.3 Å². The molecule has 4 rings (SSSR count). The summed E-state index contributed by atoms with van der Waals surface area (Å²) in [7, 11) is -7.89. The van der Waals surface area contributed by atoms with E-state index in [9.17, 15) is 21.6 Å². The van der Waals surface area contributed by atoms with Crippen molar-refractivity contribution in [2.75, 3.05) is 37.9 Å². The summed E-state index contributed by atoms with van der Waals surface area (Å²) in [5, 5.41) is 0.562. The third-order valence-electron chi connectivity index (χ3n) is 6.23. The molecule has 2 atom stereocenters. The summed E-state index contributed by atoms with van der Waals surface area (Å²) < 4.78 is 60.8. The molecular formula is C23H29Cl2N3O7S3. The first-order valence-electron chi connectivity index (χ1n) is 12.1. The highest BCUT2D eigenvalue weighted by Gasteiger charge is 2.43. The molecule has 0 spiro atoms. The molecule has 1 aromatic carbocycles. The fraction of sp³-hybridized carbons (Fsp3) is 0.522. The number of hydrogen-bond acceptors (Lipinski definition) is 8. The Morgan fingerprint density at radius 3 is 2.55 bits per heavy atom. The highest BCUT2D eigenvalue weighted by Crippen LogP contribution is 2.34. The van der Waals surface area contributed by atoms with E-state index in [2.05, 4.69) is 5.48 Å². The molecule has 38 heavy (non-hydrogen) atoms. The molecule has 2 fully saturated rings. The van der Waals surface area contributed by atoms with E-state index in [0.29, 0.717) is 22.9 Å². The van der Waals surface area contributed by atoms with E-state index in [1.165, 1.54) is 6.07 Å². The Kier molecular flexibility index (Phi) is 10.1. The molecule has 210 valence electrons. The van der Waals surface area contributed by atoms with Gasteiger partial charge in [-0.15, -0.1) is 22.9 Å². The minimum Gasteiger partial charge on any atom is -0.350 e. The number of alkyl halides is 1. The first-order chi connectivity index (χ1) is 18.1. The van der Waals surface area contributed by atoms with E-state index in [0.717, 1.165) is 38.4 Å². The monoisotopic (exact) mass is 625 g/mol. The van der Waals surface area contributed by atoms with Crippen LogP contribution in [0.3, 0.4) is 0 Å². The predicted octanol–water partition coefficient (Wildman–Crippen LogP) is 3.28. The van der Waals surface area contributed by atoms with Gasteiger partial charge in [0.25, 0.3) is 15.9 Å². The number of halogens is 2. The minimum absolute atomic E-state index is 0.0372. The minimum atomic E-state index is -4.15. The molecule has 1 unspecified atom stereocenters. The van der Waals surface area contributed by atoms with Gasteiger partial charge in [-0.1, -0.05) is 23.7 Å². The van der Waals surface area contributed by atoms with E-state index < -0.39 is 38.3 Å². The number of nitrogens with one attached hydrogen (secondary N) is 1. The molecule has 2 saturated heterocycles. The Morgan fingerprint density at radius 2 is 1.87 bits per heavy atom. The Balaban J connectivity index is 1.57. The Hall–Kier alpha value is -1.29. The van der Waals surface area contributed by atoms with Gasteiger partial charge in [0, 0.05) is 48.4 Å². The summed E-state index contributed by atoms with van der Waals surface area (Å²) >= 11 is 12.7. The molecule has 2 aliphatic rings. The second-order valence-corrected chi connectivity index (χ2v) is 15.0. The van der Waals surface area contributed by atoms with Gasteiger partial charge in [0.15, 0.2) is 6.29 Å². The van der Waals surface area contributed by atoms with E-state index in [4.69, 9.17) is 32.8 Å². The first kappa shape index (κ1) is 29.7. The maximum Gasteiger partial charge on any atom is 0.263 e. The van der Waals surface area contributed by atoms with Crippen molar-refractivity contribution in [1.82, 2.24) is 14.1 Å². The zero-order valence-electron chi connectivity index (χ0n) is 20.4. The quantitative estimate of drug-likeness (QED) is 0.317. The van der Waals surface area contributed by atoms with Crippen molar-refractivity contribution in [3.8, 4) is 10.4 Å². The number of hydroxylamine groups is 1. The standard InChI is InChI=1S/C23H29Cl2N3O7S3/c24-11-3-15-37(30,31)27-12-13-28(19(16-27)23(29)26-35-21-4-1-2-14-34-21)38(32,33)22-10-9-20(36-22)17-5-7-18(25)8-6-17/h5-10,19,21H,1-4,11-16H2,(H,26,29)/t19-,21?/m1/s1. The van der Waals surface area contributed by atoms with Gasteiger partial charge in [-0.25, -0.2) is 27.2 Å². The Morgan fingerprint density at radius 1 is 1.11 bits per heavy atom. The largest absolute Gasteiger partial charge is 0.350 e. The topological polar surface area (TPSA) is 122 Å². The normalized spacial score (nSPS) is 21.8. The summed E-state index contributed by atoms with van der Waals surface area (Å²) in [6.07, 6.45) is 1.92. The molecular weight excluding hydrogens is 597 g/mol. The van der Waals surface area contributed by atoms with Crippen LogP contribution < -0.4 is 5.48 Å². The van der Waals surface area contributed by atoms with Gasteiger partial charge in [0.2, 0.25) is 10.0 Å². The fourth-order valence-corrected chi connectivity index (χ4v) is 9.13. The summed E-state index contributed by atoms with van der Waals surface area (Å²) in [5.41, 5.74) is 3.10. The maximum atomic E-state index is 13.7. The molecule has 10 nitrogen and oxygen atoms in total. The van der Waals surface area contributed by atoms with Crippen molar-refractivity contribution in [3.63, 3.8) is 0 Å². The molecule has 3 heterocycles. The number of benzene rings is 1. The van der Waals surface area contributed by atoms with Crippen molar-refractivity contribution in [2.45, 2.75) is 42.2 Å². The number of rotatable bonds is 10. The summed E-state index contributed by atoms with van der Waals surface area (Å²) in [4.78, 5) is 19.3. The lowest BCUT2D eigenvalue weighted by Gasteiger charge is -2.38. The first-order valence-corrected chi connectivity index (χ1v) is 16.9. The van der Waals surface area contributed by atoms with Gasteiger partial charge in [0.05, 0.1) is 5.75 Å². The SMILES string of the molecule is O=C(NOC1CCCCO1)[C@H]1CN(S(=O)(=O)CCCCl)CCN1S(=O)(=O)c1ccc(-c2ccc(Cl)cc2)s1. The lowest BCUT2D eigenvalue weighted by molar-refractivity contribution is -0.202. The van der Waals surface area contributed by atoms with E-state index in [1.807, 2.05) is 0 Å². The number of amides is 1. The summed E-state index contributed by atoms with van der Waals surface area (Å²) in [5.74, 6) is -0.796. The van der Waals surface area contributed by atoms with Crippen LogP contribution in [0.4, 0.5) is 0 Å². The van der Waals surface area contributed by atoms with Crippen molar-refractivity contribution in [2.24, 2.45) is 0 Å². The second-order valence-electron chi connectivity index (χ2n) is 8.85. The van der Waals surface area contributed by atoms with E-state index >= 15 is 0 Å².